The Kier molecular flexibility index (Phi) is 6.32. The van der Waals surface area contributed by atoms with Crippen molar-refractivity contribution in [2.24, 2.45) is 58.2 Å². The number of carboxylic acids is 1. The molecule has 0 spiro atoms. The molecule has 4 aliphatic rings. The van der Waals surface area contributed by atoms with Crippen LogP contribution in [0.2, 0.25) is 0 Å². The van der Waals surface area contributed by atoms with Gasteiger partial charge in [-0.2, -0.15) is 0 Å². The predicted molar refractivity (Wildman–Crippen MR) is 127 cm³/mol. The minimum atomic E-state index is -0.695. The van der Waals surface area contributed by atoms with E-state index in [9.17, 15) is 20.1 Å². The van der Waals surface area contributed by atoms with Gasteiger partial charge in [-0.15, -0.1) is 0 Å². The minimum Gasteiger partial charge on any atom is -0.481 e. The first-order valence-electron chi connectivity index (χ1n) is 13.5. The Labute approximate surface area is 195 Å². The lowest BCUT2D eigenvalue weighted by Gasteiger charge is -2.68. The Bertz CT molecular complexity index is 718. The van der Waals surface area contributed by atoms with E-state index in [0.29, 0.717) is 35.5 Å². The highest BCUT2D eigenvalue weighted by atomic mass is 16.4. The fourth-order valence-electron chi connectivity index (χ4n) is 10.3. The van der Waals surface area contributed by atoms with E-state index >= 15 is 0 Å². The molecule has 0 saturated heterocycles. The molecule has 4 nitrogen and oxygen atoms in total. The van der Waals surface area contributed by atoms with Crippen molar-refractivity contribution in [3.8, 4) is 0 Å². The van der Waals surface area contributed by atoms with Gasteiger partial charge in [-0.3, -0.25) is 4.79 Å². The average Bonchev–Trinajstić information content (AvgIpc) is 3.06. The number of aliphatic carboxylic acids is 1. The highest BCUT2D eigenvalue weighted by Crippen LogP contribution is 2.71. The molecule has 12 atom stereocenters. The first kappa shape index (κ1) is 24.5. The molecule has 3 N–H and O–H groups in total. The Morgan fingerprint density at radius 1 is 0.969 bits per heavy atom. The molecule has 0 aliphatic heterocycles. The van der Waals surface area contributed by atoms with Crippen molar-refractivity contribution < 1.29 is 20.1 Å². The van der Waals surface area contributed by atoms with E-state index in [2.05, 4.69) is 34.6 Å². The fourth-order valence-corrected chi connectivity index (χ4v) is 10.3. The van der Waals surface area contributed by atoms with E-state index in [4.69, 9.17) is 0 Å². The van der Waals surface area contributed by atoms with Crippen LogP contribution in [0.5, 0.6) is 0 Å². The molecule has 0 radical (unpaired) electrons. The second-order valence-corrected chi connectivity index (χ2v) is 13.2. The molecular weight excluding hydrogens is 400 g/mol. The largest absolute Gasteiger partial charge is 0.481 e. The van der Waals surface area contributed by atoms with Crippen molar-refractivity contribution in [2.75, 3.05) is 0 Å². The topological polar surface area (TPSA) is 77.8 Å². The summed E-state index contributed by atoms with van der Waals surface area (Å²) in [4.78, 5) is 11.5. The highest BCUT2D eigenvalue weighted by molar-refractivity contribution is 5.69. The van der Waals surface area contributed by atoms with Crippen molar-refractivity contribution in [3.05, 3.63) is 0 Å². The molecule has 3 unspecified atom stereocenters. The molecule has 4 heteroatoms. The van der Waals surface area contributed by atoms with Crippen LogP contribution in [0.25, 0.3) is 0 Å². The lowest BCUT2D eigenvalue weighted by atomic mass is 9.38. The molecule has 184 valence electrons. The van der Waals surface area contributed by atoms with Crippen LogP contribution in [0.4, 0.5) is 0 Å². The van der Waals surface area contributed by atoms with E-state index in [1.165, 1.54) is 25.7 Å². The van der Waals surface area contributed by atoms with Crippen molar-refractivity contribution >= 4 is 5.97 Å². The Balaban J connectivity index is 1.66. The zero-order chi connectivity index (χ0) is 23.6. The van der Waals surface area contributed by atoms with Crippen LogP contribution in [-0.4, -0.2) is 33.0 Å². The second-order valence-electron chi connectivity index (χ2n) is 13.2. The molecule has 4 aliphatic carbocycles. The van der Waals surface area contributed by atoms with Gasteiger partial charge in [0.15, 0.2) is 0 Å². The average molecular weight is 449 g/mol. The molecule has 0 heterocycles. The van der Waals surface area contributed by atoms with Gasteiger partial charge in [0.2, 0.25) is 0 Å². The van der Waals surface area contributed by atoms with Crippen molar-refractivity contribution in [1.82, 2.24) is 0 Å². The van der Waals surface area contributed by atoms with E-state index in [1.54, 1.807) is 0 Å². The van der Waals surface area contributed by atoms with Gasteiger partial charge in [0.05, 0.1) is 17.6 Å². The van der Waals surface area contributed by atoms with Gasteiger partial charge >= 0.3 is 5.97 Å². The maximum absolute atomic E-state index is 12.2. The zero-order valence-corrected chi connectivity index (χ0v) is 21.3. The van der Waals surface area contributed by atoms with Gasteiger partial charge in [0, 0.05) is 0 Å². The van der Waals surface area contributed by atoms with Gasteiger partial charge in [0.1, 0.15) is 0 Å². The monoisotopic (exact) mass is 448 g/mol. The third kappa shape index (κ3) is 3.49. The maximum Gasteiger partial charge on any atom is 0.306 e. The number of aliphatic hydroxyl groups excluding tert-OH is 1. The summed E-state index contributed by atoms with van der Waals surface area (Å²) in [6, 6.07) is 0. The number of rotatable bonds is 5. The van der Waals surface area contributed by atoms with Gasteiger partial charge in [0.25, 0.3) is 0 Å². The fraction of sp³-hybridized carbons (Fsp3) is 0.964. The van der Waals surface area contributed by atoms with Crippen molar-refractivity contribution in [1.29, 1.82) is 0 Å². The minimum absolute atomic E-state index is 0.193. The normalized spacial score (nSPS) is 52.4. The highest BCUT2D eigenvalue weighted by Gasteiger charge is 2.68. The van der Waals surface area contributed by atoms with Crippen molar-refractivity contribution in [3.63, 3.8) is 0 Å². The lowest BCUT2D eigenvalue weighted by molar-refractivity contribution is -0.245. The smallest absolute Gasteiger partial charge is 0.306 e. The first-order valence-corrected chi connectivity index (χ1v) is 13.5. The van der Waals surface area contributed by atoms with E-state index in [0.717, 1.165) is 32.1 Å². The third-order valence-electron chi connectivity index (χ3n) is 11.8. The van der Waals surface area contributed by atoms with E-state index < -0.39 is 11.6 Å². The molecule has 4 fully saturated rings. The number of fused-ring (bicyclic) bond motifs is 5. The zero-order valence-electron chi connectivity index (χ0n) is 21.3. The summed E-state index contributed by atoms with van der Waals surface area (Å²) in [5, 5.41) is 32.2. The van der Waals surface area contributed by atoms with Gasteiger partial charge in [-0.25, -0.2) is 0 Å². The molecule has 0 bridgehead atoms. The Hall–Kier alpha value is -0.610. The first-order chi connectivity index (χ1) is 14.9. The molecule has 0 amide bonds. The number of hydrogen-bond acceptors (Lipinski definition) is 3. The van der Waals surface area contributed by atoms with Gasteiger partial charge in [-0.1, -0.05) is 41.0 Å². The molecule has 0 aromatic carbocycles. The molecule has 32 heavy (non-hydrogen) atoms. The van der Waals surface area contributed by atoms with Crippen LogP contribution in [-0.2, 0) is 4.79 Å². The lowest BCUT2D eigenvalue weighted by Crippen LogP contribution is -2.66. The summed E-state index contributed by atoms with van der Waals surface area (Å²) in [5.41, 5.74) is -0.284. The van der Waals surface area contributed by atoms with Gasteiger partial charge in [-0.05, 0) is 111 Å². The Morgan fingerprint density at radius 3 is 2.22 bits per heavy atom. The summed E-state index contributed by atoms with van der Waals surface area (Å²) in [6.07, 6.45) is 9.07. The van der Waals surface area contributed by atoms with E-state index in [1.807, 2.05) is 6.92 Å². The molecule has 4 rings (SSSR count). The molecule has 0 aromatic rings. The number of carbonyl (C=O) groups is 1. The summed E-state index contributed by atoms with van der Waals surface area (Å²) >= 11 is 0. The number of carboxylic acid groups (broad SMARTS) is 1. The van der Waals surface area contributed by atoms with Gasteiger partial charge < -0.3 is 15.3 Å². The summed E-state index contributed by atoms with van der Waals surface area (Å²) in [5.74, 6) is 1.99. The quantitative estimate of drug-likeness (QED) is 0.500. The SMILES string of the molecule is CC[C@@H]1[C@@H]2C[C@H](O)CC[C@]2(C)C2CC[C@@]3(C)C(CC[C@@H]3[C@@H](C)C[C@@H](C)C(=O)O)C2[C@@]1(C)O. The Morgan fingerprint density at radius 2 is 1.59 bits per heavy atom. The molecular formula is C28H48O4. The number of hydrogen-bond donors (Lipinski definition) is 3. The molecule has 0 aromatic heterocycles. The molecule has 4 saturated carbocycles. The predicted octanol–water partition coefficient (Wildman–Crippen LogP) is 5.75. The van der Waals surface area contributed by atoms with E-state index in [-0.39, 0.29) is 28.8 Å². The van der Waals surface area contributed by atoms with Crippen LogP contribution in [0.3, 0.4) is 0 Å². The van der Waals surface area contributed by atoms with Crippen LogP contribution in [0.15, 0.2) is 0 Å². The van der Waals surface area contributed by atoms with Crippen molar-refractivity contribution in [2.45, 2.75) is 111 Å². The van der Waals surface area contributed by atoms with Crippen LogP contribution < -0.4 is 0 Å². The second kappa shape index (κ2) is 8.26. The van der Waals surface area contributed by atoms with Crippen LogP contribution in [0.1, 0.15) is 99.3 Å². The summed E-state index contributed by atoms with van der Waals surface area (Å²) < 4.78 is 0. The standard InChI is InChI=1S/C28H48O4/c1-7-19-23-15-18(29)10-12-27(23,5)22-11-13-26(4)20(16(2)14-17(3)25(30)31)8-9-21(26)24(22)28(19,6)32/h16-24,29,32H,7-15H2,1-6H3,(H,30,31)/t16-,17+,18+,19+,20+,21?,22?,23-,24?,26+,27+,28-/m0/s1. The van der Waals surface area contributed by atoms with Crippen LogP contribution in [0, 0.1) is 58.2 Å². The van der Waals surface area contributed by atoms with Crippen LogP contribution >= 0.6 is 0 Å². The summed E-state index contributed by atoms with van der Waals surface area (Å²) in [7, 11) is 0. The number of aliphatic hydroxyl groups is 2. The third-order valence-corrected chi connectivity index (χ3v) is 11.8. The maximum atomic E-state index is 12.2. The summed E-state index contributed by atoms with van der Waals surface area (Å²) in [6.45, 7) is 13.5.